The topological polar surface area (TPSA) is 27.7 Å². The van der Waals surface area contributed by atoms with Crippen LogP contribution in [0.3, 0.4) is 0 Å². The fourth-order valence-corrected chi connectivity index (χ4v) is 12.0. The molecule has 0 saturated carbocycles. The monoisotopic (exact) mass is 712 g/mol. The van der Waals surface area contributed by atoms with E-state index in [2.05, 4.69) is 123 Å². The van der Waals surface area contributed by atoms with Crippen LogP contribution >= 0.6 is 22.6 Å². The highest BCUT2D eigenvalue weighted by atomic mass is 127. The van der Waals surface area contributed by atoms with Crippen LogP contribution in [0.25, 0.3) is 11.1 Å². The molecule has 0 saturated heterocycles. The molecule has 0 aliphatic rings. The lowest BCUT2D eigenvalue weighted by molar-refractivity contribution is 0.333. The van der Waals surface area contributed by atoms with Crippen molar-refractivity contribution in [2.45, 2.75) is 45.5 Å². The second-order valence-corrected chi connectivity index (χ2v) is 18.2. The second-order valence-electron chi connectivity index (χ2n) is 9.64. The summed E-state index contributed by atoms with van der Waals surface area (Å²) >= 11 is 2.32. The van der Waals surface area contributed by atoms with Crippen LogP contribution in [0.1, 0.15) is 21.3 Å². The van der Waals surface area contributed by atoms with Crippen LogP contribution in [0, 0.1) is 3.57 Å². The third-order valence-corrected chi connectivity index (χ3v) is 15.9. The average molecular weight is 713 g/mol. The molecule has 3 rings (SSSR count). The van der Waals surface area contributed by atoms with Crippen LogP contribution in [-0.2, 0) is 8.85 Å². The van der Waals surface area contributed by atoms with Crippen molar-refractivity contribution < 1.29 is 13.6 Å². The number of hydrogen-bond donors (Lipinski definition) is 0. The number of allylic oxidation sites excluding steroid dienone is 4. The number of hydrogen-bond acceptors (Lipinski definition) is 3. The standard InChI is InChI=1S/C21H26O2Si.C14H19IOSi.CH4/c1-5-16-24(17-6-2,23-7-3)21-14-10-19(11-15-21)18-8-12-20(22-4)13-9-18;1-4-11-17(12-5-2,16-6-3)14-9-7-13(15)8-10-14;/h5-6,8-15H,1-2,7,16-17H2,3-4H3;4-5,7-10H,1-2,6,11-12H2,3H3;1H4. The van der Waals surface area contributed by atoms with E-state index in [4.69, 9.17) is 13.6 Å². The number of rotatable bonds is 16. The minimum atomic E-state index is -2.07. The van der Waals surface area contributed by atoms with Gasteiger partial charge in [0.2, 0.25) is 16.6 Å². The summed E-state index contributed by atoms with van der Waals surface area (Å²) in [4.78, 5) is 0. The average Bonchev–Trinajstić information content (AvgIpc) is 2.99. The molecule has 3 aromatic rings. The van der Waals surface area contributed by atoms with Gasteiger partial charge in [-0.2, -0.15) is 0 Å². The Kier molecular flexibility index (Phi) is 17.6. The first-order valence-corrected chi connectivity index (χ1v) is 19.8. The molecule has 0 amide bonds. The number of ether oxygens (including phenoxy) is 1. The zero-order valence-electron chi connectivity index (χ0n) is 24.9. The molecule has 3 nitrogen and oxygen atoms in total. The van der Waals surface area contributed by atoms with Gasteiger partial charge in [-0.25, -0.2) is 0 Å². The van der Waals surface area contributed by atoms with Crippen molar-refractivity contribution in [1.82, 2.24) is 0 Å². The normalized spacial score (nSPS) is 10.9. The molecular formula is C36H49IO3Si2. The van der Waals surface area contributed by atoms with Gasteiger partial charge >= 0.3 is 0 Å². The van der Waals surface area contributed by atoms with Crippen LogP contribution in [0.4, 0.5) is 0 Å². The van der Waals surface area contributed by atoms with Crippen molar-refractivity contribution >= 4 is 49.6 Å². The second kappa shape index (κ2) is 19.6. The maximum Gasteiger partial charge on any atom is 0.231 e. The molecule has 0 bridgehead atoms. The molecule has 6 heteroatoms. The molecule has 226 valence electrons. The third kappa shape index (κ3) is 10.3. The summed E-state index contributed by atoms with van der Waals surface area (Å²) < 4.78 is 18.9. The maximum absolute atomic E-state index is 6.25. The summed E-state index contributed by atoms with van der Waals surface area (Å²) in [7, 11) is -2.32. The zero-order chi connectivity index (χ0) is 30.1. The van der Waals surface area contributed by atoms with E-state index in [0.717, 1.165) is 36.5 Å². The highest BCUT2D eigenvalue weighted by Crippen LogP contribution is 2.24. The van der Waals surface area contributed by atoms with Gasteiger partial charge in [0.25, 0.3) is 0 Å². The Morgan fingerprint density at radius 3 is 1.24 bits per heavy atom. The summed E-state index contributed by atoms with van der Waals surface area (Å²) in [6.45, 7) is 21.2. The molecule has 0 unspecified atom stereocenters. The summed E-state index contributed by atoms with van der Waals surface area (Å²) in [5.74, 6) is 0.870. The van der Waals surface area contributed by atoms with E-state index in [0.29, 0.717) is 6.61 Å². The number of methoxy groups -OCH3 is 1. The lowest BCUT2D eigenvalue weighted by atomic mass is 10.1. The molecule has 42 heavy (non-hydrogen) atoms. The van der Waals surface area contributed by atoms with Crippen LogP contribution in [0.2, 0.25) is 24.2 Å². The molecule has 0 aliphatic heterocycles. The van der Waals surface area contributed by atoms with E-state index < -0.39 is 16.6 Å². The fourth-order valence-electron chi connectivity index (χ4n) is 5.03. The van der Waals surface area contributed by atoms with Gasteiger partial charge in [0.15, 0.2) is 0 Å². The Morgan fingerprint density at radius 1 is 0.595 bits per heavy atom. The molecule has 0 aromatic heterocycles. The Hall–Kier alpha value is -2.50. The Labute approximate surface area is 271 Å². The van der Waals surface area contributed by atoms with Gasteiger partial charge in [-0.05, 0) is 106 Å². The first-order valence-electron chi connectivity index (χ1n) is 14.1. The summed E-state index contributed by atoms with van der Waals surface area (Å²) in [6, 6.07) is 29.2. The Balaban J connectivity index is 0.000000434. The van der Waals surface area contributed by atoms with E-state index >= 15 is 0 Å². The van der Waals surface area contributed by atoms with Gasteiger partial charge in [0.05, 0.1) is 7.11 Å². The highest BCUT2D eigenvalue weighted by Gasteiger charge is 2.35. The van der Waals surface area contributed by atoms with Crippen molar-refractivity contribution in [3.63, 3.8) is 0 Å². The lowest BCUT2D eigenvalue weighted by Gasteiger charge is -2.29. The van der Waals surface area contributed by atoms with Gasteiger partial charge in [0, 0.05) is 16.8 Å². The minimum absolute atomic E-state index is 0. The van der Waals surface area contributed by atoms with Gasteiger partial charge in [-0.1, -0.05) is 80.3 Å². The largest absolute Gasteiger partial charge is 0.497 e. The van der Waals surface area contributed by atoms with Crippen LogP contribution < -0.4 is 15.1 Å². The Morgan fingerprint density at radius 2 is 0.929 bits per heavy atom. The van der Waals surface area contributed by atoms with E-state index in [9.17, 15) is 0 Å². The highest BCUT2D eigenvalue weighted by molar-refractivity contribution is 14.1. The van der Waals surface area contributed by atoms with Crippen molar-refractivity contribution in [1.29, 1.82) is 0 Å². The van der Waals surface area contributed by atoms with E-state index in [1.807, 2.05) is 36.4 Å². The van der Waals surface area contributed by atoms with Gasteiger partial charge in [-0.3, -0.25) is 0 Å². The quantitative estimate of drug-likeness (QED) is 0.0842. The van der Waals surface area contributed by atoms with E-state index in [-0.39, 0.29) is 7.43 Å². The molecular weight excluding hydrogens is 663 g/mol. The molecule has 0 radical (unpaired) electrons. The molecule has 3 aromatic carbocycles. The van der Waals surface area contributed by atoms with Crippen LogP contribution in [-0.4, -0.2) is 37.0 Å². The lowest BCUT2D eigenvalue weighted by Crippen LogP contribution is -2.50. The van der Waals surface area contributed by atoms with Crippen molar-refractivity contribution in [3.05, 3.63) is 127 Å². The molecule has 0 N–H and O–H groups in total. The Bertz CT molecular complexity index is 1200. The minimum Gasteiger partial charge on any atom is -0.497 e. The predicted octanol–water partition coefficient (Wildman–Crippen LogP) is 9.41. The van der Waals surface area contributed by atoms with Gasteiger partial charge in [-0.15, -0.1) is 26.3 Å². The zero-order valence-corrected chi connectivity index (χ0v) is 29.1. The molecule has 0 spiro atoms. The molecule has 0 heterocycles. The van der Waals surface area contributed by atoms with E-state index in [1.54, 1.807) is 7.11 Å². The van der Waals surface area contributed by atoms with Crippen LogP contribution in [0.15, 0.2) is 123 Å². The molecule has 0 atom stereocenters. The number of benzene rings is 3. The molecule has 0 aliphatic carbocycles. The number of halogens is 1. The van der Waals surface area contributed by atoms with Gasteiger partial charge in [0.1, 0.15) is 5.75 Å². The third-order valence-electron chi connectivity index (χ3n) is 6.94. The van der Waals surface area contributed by atoms with E-state index in [1.165, 1.54) is 25.1 Å². The maximum atomic E-state index is 6.25. The molecule has 0 fully saturated rings. The van der Waals surface area contributed by atoms with Crippen molar-refractivity contribution in [2.75, 3.05) is 20.3 Å². The smallest absolute Gasteiger partial charge is 0.231 e. The summed E-state index contributed by atoms with van der Waals surface area (Å²) in [6.07, 6.45) is 7.90. The fraction of sp³-hybridized carbons (Fsp3) is 0.278. The first kappa shape index (κ1) is 37.5. The SMILES string of the molecule is C.C=CC[Si](CC=C)(OCC)c1ccc(-c2ccc(OC)cc2)cc1.C=CC[Si](CC=C)(OCC)c1ccc(I)cc1. The van der Waals surface area contributed by atoms with Crippen molar-refractivity contribution in [2.24, 2.45) is 0 Å². The van der Waals surface area contributed by atoms with Crippen molar-refractivity contribution in [3.8, 4) is 16.9 Å². The summed E-state index contributed by atoms with van der Waals surface area (Å²) in [5, 5.41) is 2.63. The predicted molar refractivity (Wildman–Crippen MR) is 198 cm³/mol. The van der Waals surface area contributed by atoms with Crippen LogP contribution in [0.5, 0.6) is 5.75 Å². The van der Waals surface area contributed by atoms with Gasteiger partial charge < -0.3 is 13.6 Å². The summed E-state index contributed by atoms with van der Waals surface area (Å²) in [5.41, 5.74) is 2.37. The first-order chi connectivity index (χ1) is 19.9.